The highest BCUT2D eigenvalue weighted by molar-refractivity contribution is 6.30. The monoisotopic (exact) mass is 314 g/mol. The maximum Gasteiger partial charge on any atom is 0.253 e. The SMILES string of the molecule is O=C(c1ccncc1)N1CCCC[C@@H](c2ccc(Cl)cc2)C1. The molecule has 0 aliphatic carbocycles. The first-order valence-electron chi connectivity index (χ1n) is 7.69. The summed E-state index contributed by atoms with van der Waals surface area (Å²) in [5, 5.41) is 0.752. The lowest BCUT2D eigenvalue weighted by Gasteiger charge is -2.25. The van der Waals surface area contributed by atoms with Crippen molar-refractivity contribution in [3.05, 3.63) is 64.9 Å². The Balaban J connectivity index is 1.78. The first-order chi connectivity index (χ1) is 10.7. The van der Waals surface area contributed by atoms with Crippen LogP contribution in [0.4, 0.5) is 0 Å². The van der Waals surface area contributed by atoms with Crippen LogP contribution in [-0.4, -0.2) is 28.9 Å². The largest absolute Gasteiger partial charge is 0.338 e. The zero-order chi connectivity index (χ0) is 15.4. The standard InChI is InChI=1S/C18H19ClN2O/c19-17-6-4-14(5-7-17)16-3-1-2-12-21(13-16)18(22)15-8-10-20-11-9-15/h4-11,16H,1-3,12-13H2/t16-/m1/s1. The van der Waals surface area contributed by atoms with E-state index in [0.29, 0.717) is 11.5 Å². The van der Waals surface area contributed by atoms with Crippen LogP contribution >= 0.6 is 11.6 Å². The number of carbonyl (C=O) groups excluding carboxylic acids is 1. The Labute approximate surface area is 135 Å². The van der Waals surface area contributed by atoms with E-state index in [9.17, 15) is 4.79 Å². The quantitative estimate of drug-likeness (QED) is 0.834. The molecule has 1 fully saturated rings. The highest BCUT2D eigenvalue weighted by Gasteiger charge is 2.23. The summed E-state index contributed by atoms with van der Waals surface area (Å²) in [4.78, 5) is 18.6. The summed E-state index contributed by atoms with van der Waals surface area (Å²) in [7, 11) is 0. The number of halogens is 1. The van der Waals surface area contributed by atoms with Gasteiger partial charge in [0, 0.05) is 42.0 Å². The van der Waals surface area contributed by atoms with Crippen LogP contribution < -0.4 is 0 Å². The molecular formula is C18H19ClN2O. The van der Waals surface area contributed by atoms with E-state index in [4.69, 9.17) is 11.6 Å². The van der Waals surface area contributed by atoms with Gasteiger partial charge in [0.2, 0.25) is 0 Å². The summed E-state index contributed by atoms with van der Waals surface area (Å²) in [6, 6.07) is 11.6. The number of hydrogen-bond donors (Lipinski definition) is 0. The van der Waals surface area contributed by atoms with Crippen molar-refractivity contribution in [2.24, 2.45) is 0 Å². The third-order valence-electron chi connectivity index (χ3n) is 4.23. The Morgan fingerprint density at radius 1 is 1.09 bits per heavy atom. The Kier molecular flexibility index (Phi) is 4.74. The average molecular weight is 315 g/mol. The number of rotatable bonds is 2. The molecule has 0 bridgehead atoms. The normalized spacial score (nSPS) is 18.8. The van der Waals surface area contributed by atoms with Gasteiger partial charge in [-0.2, -0.15) is 0 Å². The minimum atomic E-state index is 0.100. The number of benzene rings is 1. The van der Waals surface area contributed by atoms with Crippen molar-refractivity contribution in [2.75, 3.05) is 13.1 Å². The van der Waals surface area contributed by atoms with Gasteiger partial charge in [-0.15, -0.1) is 0 Å². The van der Waals surface area contributed by atoms with Gasteiger partial charge < -0.3 is 4.90 Å². The van der Waals surface area contributed by atoms with Crippen molar-refractivity contribution in [3.8, 4) is 0 Å². The van der Waals surface area contributed by atoms with Crippen molar-refractivity contribution in [1.29, 1.82) is 0 Å². The molecule has 3 nitrogen and oxygen atoms in total. The van der Waals surface area contributed by atoms with Crippen molar-refractivity contribution < 1.29 is 4.79 Å². The third kappa shape index (κ3) is 3.47. The molecule has 1 aromatic carbocycles. The van der Waals surface area contributed by atoms with E-state index in [2.05, 4.69) is 17.1 Å². The maximum absolute atomic E-state index is 12.7. The van der Waals surface area contributed by atoms with Crippen LogP contribution in [0.1, 0.15) is 41.1 Å². The fourth-order valence-electron chi connectivity index (χ4n) is 3.01. The van der Waals surface area contributed by atoms with Crippen molar-refractivity contribution in [3.63, 3.8) is 0 Å². The first kappa shape index (κ1) is 15.0. The molecule has 0 spiro atoms. The molecule has 1 saturated heterocycles. The second-order valence-corrected chi connectivity index (χ2v) is 6.17. The van der Waals surface area contributed by atoms with E-state index in [1.165, 1.54) is 5.56 Å². The van der Waals surface area contributed by atoms with Gasteiger partial charge in [-0.1, -0.05) is 30.2 Å². The molecule has 0 saturated carbocycles. The lowest BCUT2D eigenvalue weighted by atomic mass is 9.94. The summed E-state index contributed by atoms with van der Waals surface area (Å²) < 4.78 is 0. The summed E-state index contributed by atoms with van der Waals surface area (Å²) in [6.45, 7) is 1.59. The van der Waals surface area contributed by atoms with Gasteiger partial charge in [0.15, 0.2) is 0 Å². The number of nitrogens with zero attached hydrogens (tertiary/aromatic N) is 2. The molecule has 1 atom stereocenters. The first-order valence-corrected chi connectivity index (χ1v) is 8.06. The second-order valence-electron chi connectivity index (χ2n) is 5.73. The molecule has 0 unspecified atom stereocenters. The van der Waals surface area contributed by atoms with E-state index in [0.717, 1.165) is 37.4 Å². The lowest BCUT2D eigenvalue weighted by molar-refractivity contribution is 0.0754. The summed E-state index contributed by atoms with van der Waals surface area (Å²) >= 11 is 5.97. The Bertz CT molecular complexity index is 627. The Morgan fingerprint density at radius 3 is 2.55 bits per heavy atom. The molecule has 2 heterocycles. The fraction of sp³-hybridized carbons (Fsp3) is 0.333. The molecule has 1 aliphatic heterocycles. The van der Waals surface area contributed by atoms with Gasteiger partial charge in [-0.05, 0) is 42.7 Å². The van der Waals surface area contributed by atoms with Gasteiger partial charge in [-0.3, -0.25) is 9.78 Å². The lowest BCUT2D eigenvalue weighted by Crippen LogP contribution is -2.34. The van der Waals surface area contributed by atoms with Crippen molar-refractivity contribution in [1.82, 2.24) is 9.88 Å². The van der Waals surface area contributed by atoms with E-state index < -0.39 is 0 Å². The molecule has 3 rings (SSSR count). The van der Waals surface area contributed by atoms with Gasteiger partial charge in [0.25, 0.3) is 5.91 Å². The van der Waals surface area contributed by atoms with E-state index in [-0.39, 0.29) is 5.91 Å². The number of likely N-dealkylation sites (tertiary alicyclic amines) is 1. The molecular weight excluding hydrogens is 296 g/mol. The van der Waals surface area contributed by atoms with Crippen LogP contribution in [0.5, 0.6) is 0 Å². The molecule has 1 amide bonds. The van der Waals surface area contributed by atoms with Crippen molar-refractivity contribution in [2.45, 2.75) is 25.2 Å². The van der Waals surface area contributed by atoms with Gasteiger partial charge >= 0.3 is 0 Å². The van der Waals surface area contributed by atoms with E-state index in [1.54, 1.807) is 24.5 Å². The number of hydrogen-bond acceptors (Lipinski definition) is 2. The van der Waals surface area contributed by atoms with Gasteiger partial charge in [0.05, 0.1) is 0 Å². The van der Waals surface area contributed by atoms with Crippen LogP contribution in [0.3, 0.4) is 0 Å². The second kappa shape index (κ2) is 6.93. The van der Waals surface area contributed by atoms with Crippen LogP contribution in [-0.2, 0) is 0 Å². The van der Waals surface area contributed by atoms with Gasteiger partial charge in [0.1, 0.15) is 0 Å². The zero-order valence-corrected chi connectivity index (χ0v) is 13.2. The maximum atomic E-state index is 12.7. The smallest absolute Gasteiger partial charge is 0.253 e. The molecule has 4 heteroatoms. The summed E-state index contributed by atoms with van der Waals surface area (Å²) in [5.74, 6) is 0.480. The number of pyridine rings is 1. The molecule has 22 heavy (non-hydrogen) atoms. The summed E-state index contributed by atoms with van der Waals surface area (Å²) in [6.07, 6.45) is 6.65. The fourth-order valence-corrected chi connectivity index (χ4v) is 3.14. The predicted octanol–water partition coefficient (Wildman–Crippen LogP) is 4.14. The zero-order valence-electron chi connectivity index (χ0n) is 12.4. The number of carbonyl (C=O) groups is 1. The third-order valence-corrected chi connectivity index (χ3v) is 4.48. The predicted molar refractivity (Wildman–Crippen MR) is 88.2 cm³/mol. The number of amides is 1. The molecule has 0 radical (unpaired) electrons. The topological polar surface area (TPSA) is 33.2 Å². The highest BCUT2D eigenvalue weighted by atomic mass is 35.5. The summed E-state index contributed by atoms with van der Waals surface area (Å²) in [5.41, 5.74) is 1.98. The van der Waals surface area contributed by atoms with Crippen molar-refractivity contribution >= 4 is 17.5 Å². The van der Waals surface area contributed by atoms with Crippen LogP contribution in [0, 0.1) is 0 Å². The average Bonchev–Trinajstić information content (AvgIpc) is 2.82. The highest BCUT2D eigenvalue weighted by Crippen LogP contribution is 2.28. The molecule has 0 N–H and O–H groups in total. The minimum absolute atomic E-state index is 0.100. The van der Waals surface area contributed by atoms with E-state index in [1.807, 2.05) is 17.0 Å². The van der Waals surface area contributed by atoms with Gasteiger partial charge in [-0.25, -0.2) is 0 Å². The molecule has 114 valence electrons. The van der Waals surface area contributed by atoms with Crippen LogP contribution in [0.2, 0.25) is 5.02 Å². The Morgan fingerprint density at radius 2 is 1.82 bits per heavy atom. The molecule has 1 aliphatic rings. The number of aromatic nitrogens is 1. The Hall–Kier alpha value is -1.87. The van der Waals surface area contributed by atoms with E-state index >= 15 is 0 Å². The molecule has 1 aromatic heterocycles. The minimum Gasteiger partial charge on any atom is -0.338 e. The molecule has 2 aromatic rings. The van der Waals surface area contributed by atoms with Crippen LogP contribution in [0.25, 0.3) is 0 Å². The van der Waals surface area contributed by atoms with Crippen LogP contribution in [0.15, 0.2) is 48.8 Å².